The van der Waals surface area contributed by atoms with Crippen LogP contribution in [0.25, 0.3) is 0 Å². The number of rotatable bonds is 12. The van der Waals surface area contributed by atoms with E-state index in [1.54, 1.807) is 24.7 Å². The van der Waals surface area contributed by atoms with E-state index in [-0.39, 0.29) is 41.8 Å². The van der Waals surface area contributed by atoms with E-state index in [2.05, 4.69) is 21.7 Å². The third-order valence-electron chi connectivity index (χ3n) is 7.18. The van der Waals surface area contributed by atoms with Gasteiger partial charge in [-0.05, 0) is 60.1 Å². The van der Waals surface area contributed by atoms with Gasteiger partial charge in [0.1, 0.15) is 0 Å². The lowest BCUT2D eigenvalue weighted by atomic mass is 10.1. The van der Waals surface area contributed by atoms with Gasteiger partial charge in [-0.1, -0.05) is 37.3 Å². The monoisotopic (exact) mass is 649 g/mol. The van der Waals surface area contributed by atoms with Gasteiger partial charge in [0.25, 0.3) is 5.69 Å². The zero-order valence-corrected chi connectivity index (χ0v) is 25.5. The molecule has 14 heteroatoms. The van der Waals surface area contributed by atoms with E-state index in [0.717, 1.165) is 11.6 Å². The summed E-state index contributed by atoms with van der Waals surface area (Å²) in [6.07, 6.45) is -0.925. The van der Waals surface area contributed by atoms with Crippen molar-refractivity contribution in [2.45, 2.75) is 45.1 Å². The minimum atomic E-state index is -4.59. The van der Waals surface area contributed by atoms with E-state index >= 15 is 0 Å². The number of anilines is 1. The highest BCUT2D eigenvalue weighted by molar-refractivity contribution is 7.80. The number of thiocarbonyl (C=S) groups is 1. The van der Waals surface area contributed by atoms with E-state index < -0.39 is 22.7 Å². The van der Waals surface area contributed by atoms with Crippen molar-refractivity contribution in [1.29, 1.82) is 5.26 Å². The van der Waals surface area contributed by atoms with Gasteiger partial charge in [0.05, 0.1) is 34.9 Å². The lowest BCUT2D eigenvalue weighted by molar-refractivity contribution is -0.384. The number of imidazole rings is 1. The summed E-state index contributed by atoms with van der Waals surface area (Å²) in [5.41, 5.74) is 1.60. The van der Waals surface area contributed by atoms with Crippen molar-refractivity contribution in [3.05, 3.63) is 123 Å². The van der Waals surface area contributed by atoms with Crippen molar-refractivity contribution in [3.8, 4) is 6.07 Å². The van der Waals surface area contributed by atoms with Crippen molar-refractivity contribution in [3.63, 3.8) is 0 Å². The van der Waals surface area contributed by atoms with Crippen molar-refractivity contribution < 1.29 is 22.9 Å². The number of non-ortho nitro benzene ring substituents is 1. The first kappa shape index (κ1) is 33.6. The van der Waals surface area contributed by atoms with Crippen LogP contribution in [0.4, 0.5) is 24.5 Å². The third kappa shape index (κ3) is 9.12. The zero-order valence-electron chi connectivity index (χ0n) is 24.7. The summed E-state index contributed by atoms with van der Waals surface area (Å²) in [4.78, 5) is 29.4. The zero-order chi connectivity index (χ0) is 33.3. The van der Waals surface area contributed by atoms with Crippen molar-refractivity contribution in [2.24, 2.45) is 0 Å². The van der Waals surface area contributed by atoms with E-state index in [1.807, 2.05) is 23.6 Å². The van der Waals surface area contributed by atoms with Crippen molar-refractivity contribution in [1.82, 2.24) is 19.8 Å². The van der Waals surface area contributed by atoms with E-state index in [4.69, 9.17) is 17.5 Å². The van der Waals surface area contributed by atoms with Gasteiger partial charge in [-0.2, -0.15) is 18.4 Å². The molecule has 1 atom stereocenters. The quantitative estimate of drug-likeness (QED) is 0.108. The minimum absolute atomic E-state index is 0.00395. The number of carbonyl (C=O) groups excluding carboxylic acids is 1. The number of benzene rings is 3. The molecule has 4 aromatic rings. The molecule has 0 saturated carbocycles. The predicted octanol–water partition coefficient (Wildman–Crippen LogP) is 6.07. The molecule has 0 aliphatic heterocycles. The molecule has 3 aromatic carbocycles. The Morgan fingerprint density at radius 2 is 1.83 bits per heavy atom. The molecule has 4 rings (SSSR count). The molecule has 0 saturated heterocycles. The second kappa shape index (κ2) is 15.1. The molecule has 1 amide bonds. The summed E-state index contributed by atoms with van der Waals surface area (Å²) >= 11 is 5.60. The first-order chi connectivity index (χ1) is 22.0. The fourth-order valence-corrected chi connectivity index (χ4v) is 4.99. The molecular formula is C32H30F3N7O3S. The van der Waals surface area contributed by atoms with Gasteiger partial charge < -0.3 is 20.1 Å². The van der Waals surface area contributed by atoms with Gasteiger partial charge in [-0.15, -0.1) is 0 Å². The van der Waals surface area contributed by atoms with Crippen LogP contribution < -0.4 is 10.6 Å². The van der Waals surface area contributed by atoms with Crippen LogP contribution in [0.3, 0.4) is 0 Å². The van der Waals surface area contributed by atoms with Crippen LogP contribution >= 0.6 is 12.2 Å². The number of alkyl halides is 3. The lowest BCUT2D eigenvalue weighted by Gasteiger charge is -2.31. The molecule has 0 unspecified atom stereocenters. The third-order valence-corrected chi connectivity index (χ3v) is 7.54. The van der Waals surface area contributed by atoms with Gasteiger partial charge in [0.15, 0.2) is 5.11 Å². The van der Waals surface area contributed by atoms with Gasteiger partial charge in [0.2, 0.25) is 5.91 Å². The van der Waals surface area contributed by atoms with Gasteiger partial charge in [-0.25, -0.2) is 4.98 Å². The molecule has 238 valence electrons. The van der Waals surface area contributed by atoms with E-state index in [1.165, 1.54) is 47.4 Å². The SMILES string of the molecule is CC[C@@H](CN(Cc1ccccc1C(F)(F)F)C(=S)Nc1ccc([N+](=O)[O-])cc1)NC(=O)Cc1cncn1Cc1ccc(C#N)cc1. The summed E-state index contributed by atoms with van der Waals surface area (Å²) < 4.78 is 43.3. The van der Waals surface area contributed by atoms with Crippen molar-refractivity contribution >= 4 is 34.6 Å². The predicted molar refractivity (Wildman–Crippen MR) is 170 cm³/mol. The van der Waals surface area contributed by atoms with Gasteiger partial charge in [0, 0.05) is 55.4 Å². The molecule has 0 aliphatic carbocycles. The van der Waals surface area contributed by atoms with Crippen molar-refractivity contribution in [2.75, 3.05) is 11.9 Å². The summed E-state index contributed by atoms with van der Waals surface area (Å²) in [5, 5.41) is 26.1. The number of nitriles is 1. The van der Waals surface area contributed by atoms with Crippen LogP contribution in [0.5, 0.6) is 0 Å². The average molecular weight is 650 g/mol. The topological polar surface area (TPSA) is 129 Å². The number of nitro benzene ring substituents is 1. The van der Waals surface area contributed by atoms with Crippen LogP contribution in [0.1, 0.15) is 41.3 Å². The number of amides is 1. The molecule has 0 spiro atoms. The first-order valence-corrected chi connectivity index (χ1v) is 14.6. The molecule has 0 radical (unpaired) electrons. The molecule has 0 fully saturated rings. The number of hydrogen-bond donors (Lipinski definition) is 2. The summed E-state index contributed by atoms with van der Waals surface area (Å²) in [5.74, 6) is -0.307. The molecule has 10 nitrogen and oxygen atoms in total. The van der Waals surface area contributed by atoms with Gasteiger partial charge >= 0.3 is 6.18 Å². The number of hydrogen-bond acceptors (Lipinski definition) is 6. The molecule has 46 heavy (non-hydrogen) atoms. The Hall–Kier alpha value is -5.29. The largest absolute Gasteiger partial charge is 0.416 e. The number of nitrogens with zero attached hydrogens (tertiary/aromatic N) is 5. The number of aromatic nitrogens is 2. The van der Waals surface area contributed by atoms with Crippen LogP contribution in [-0.2, 0) is 30.5 Å². The summed E-state index contributed by atoms with van der Waals surface area (Å²) in [6, 6.07) is 19.3. The fourth-order valence-electron chi connectivity index (χ4n) is 4.73. The van der Waals surface area contributed by atoms with Crippen LogP contribution in [0.15, 0.2) is 85.3 Å². The highest BCUT2D eigenvalue weighted by atomic mass is 32.1. The molecule has 2 N–H and O–H groups in total. The van der Waals surface area contributed by atoms with E-state index in [0.29, 0.717) is 29.9 Å². The maximum atomic E-state index is 13.8. The smallest absolute Gasteiger partial charge is 0.351 e. The summed E-state index contributed by atoms with van der Waals surface area (Å²) in [6.45, 7) is 2.16. The molecular weight excluding hydrogens is 619 g/mol. The molecule has 0 bridgehead atoms. The van der Waals surface area contributed by atoms with Crippen LogP contribution in [0.2, 0.25) is 0 Å². The fraction of sp³-hybridized carbons (Fsp3) is 0.250. The van der Waals surface area contributed by atoms with Crippen LogP contribution in [-0.4, -0.2) is 43.0 Å². The second-order valence-corrected chi connectivity index (χ2v) is 10.8. The minimum Gasteiger partial charge on any atom is -0.351 e. The Bertz CT molecular complexity index is 1720. The number of nitrogens with one attached hydrogen (secondary N) is 2. The highest BCUT2D eigenvalue weighted by Crippen LogP contribution is 2.32. The Balaban J connectivity index is 1.49. The lowest BCUT2D eigenvalue weighted by Crippen LogP contribution is -2.47. The molecule has 1 heterocycles. The Kier molecular flexibility index (Phi) is 11.1. The molecule has 0 aliphatic rings. The Morgan fingerprint density at radius 1 is 1.13 bits per heavy atom. The van der Waals surface area contributed by atoms with Gasteiger partial charge in [-0.3, -0.25) is 14.9 Å². The Labute approximate surface area is 268 Å². The maximum absolute atomic E-state index is 13.8. The maximum Gasteiger partial charge on any atom is 0.416 e. The average Bonchev–Trinajstić information content (AvgIpc) is 3.46. The number of halogens is 3. The molecule has 1 aromatic heterocycles. The Morgan fingerprint density at radius 3 is 2.46 bits per heavy atom. The second-order valence-electron chi connectivity index (χ2n) is 10.4. The van der Waals surface area contributed by atoms with E-state index in [9.17, 15) is 28.1 Å². The summed E-state index contributed by atoms with van der Waals surface area (Å²) in [7, 11) is 0. The highest BCUT2D eigenvalue weighted by Gasteiger charge is 2.33. The van der Waals surface area contributed by atoms with Crippen LogP contribution in [0, 0.1) is 21.4 Å². The number of carbonyl (C=O) groups is 1. The first-order valence-electron chi connectivity index (χ1n) is 14.2. The normalized spacial score (nSPS) is 11.7. The number of nitro groups is 1. The standard InChI is InChI=1S/C32H30F3N7O3S/c1-2-25(38-30(43)15-28-17-37-21-41(28)18-23-9-7-22(16-36)8-10-23)20-40(19-24-5-3-4-6-29(24)32(33,34)35)31(46)39-26-11-13-27(14-12-26)42(44)45/h3-14,17,21,25H,2,15,18-20H2,1H3,(H,38,43)(H,39,46)/t25-/m0/s1.